The van der Waals surface area contributed by atoms with E-state index in [1.807, 2.05) is 0 Å². The van der Waals surface area contributed by atoms with Crippen LogP contribution in [0.4, 0.5) is 0 Å². The molecule has 0 N–H and O–H groups in total. The van der Waals surface area contributed by atoms with Crippen molar-refractivity contribution >= 4 is 11.9 Å². The molecule has 0 aliphatic rings. The Morgan fingerprint density at radius 2 is 1.67 bits per heavy atom. The normalized spacial score (nSPS) is 9.78. The van der Waals surface area contributed by atoms with Crippen LogP contribution in [-0.2, 0) is 16.5 Å². The van der Waals surface area contributed by atoms with E-state index in [1.165, 1.54) is 27.5 Å². The molecule has 7 heteroatoms. The Morgan fingerprint density at radius 3 is 2.11 bits per heavy atom. The molecule has 0 aliphatic carbocycles. The van der Waals surface area contributed by atoms with Gasteiger partial charge in [-0.3, -0.25) is 4.79 Å². The van der Waals surface area contributed by atoms with Gasteiger partial charge in [-0.2, -0.15) is 0 Å². The van der Waals surface area contributed by atoms with E-state index in [4.69, 9.17) is 4.74 Å². The average Bonchev–Trinajstić information content (AvgIpc) is 2.39. The van der Waals surface area contributed by atoms with Crippen LogP contribution in [0, 0.1) is 0 Å². The molecule has 7 nitrogen and oxygen atoms in total. The van der Waals surface area contributed by atoms with Crippen LogP contribution in [0.3, 0.4) is 0 Å². The maximum Gasteiger partial charge on any atom is 0.342 e. The second kappa shape index (κ2) is 5.35. The van der Waals surface area contributed by atoms with Crippen LogP contribution in [0.15, 0.2) is 11.0 Å². The van der Waals surface area contributed by atoms with Crippen molar-refractivity contribution in [3.8, 4) is 5.75 Å². The number of esters is 2. The minimum atomic E-state index is -0.843. The van der Waals surface area contributed by atoms with E-state index in [0.717, 1.165) is 11.7 Å². The van der Waals surface area contributed by atoms with Gasteiger partial charge in [0.05, 0.1) is 26.9 Å². The minimum Gasteiger partial charge on any atom is -0.490 e. The van der Waals surface area contributed by atoms with Gasteiger partial charge >= 0.3 is 11.9 Å². The van der Waals surface area contributed by atoms with Crippen molar-refractivity contribution in [3.05, 3.63) is 27.7 Å². The van der Waals surface area contributed by atoms with Gasteiger partial charge in [-0.05, 0) is 0 Å². The lowest BCUT2D eigenvalue weighted by Crippen LogP contribution is -2.25. The number of aryl methyl sites for hydroxylation is 1. The second-order valence-electron chi connectivity index (χ2n) is 3.35. The van der Waals surface area contributed by atoms with Crippen LogP contribution in [0.1, 0.15) is 20.7 Å². The summed E-state index contributed by atoms with van der Waals surface area (Å²) in [6.45, 7) is 0. The number of pyridine rings is 1. The average molecular weight is 255 g/mol. The van der Waals surface area contributed by atoms with Gasteiger partial charge in [0.25, 0.3) is 5.56 Å². The fourth-order valence-corrected chi connectivity index (χ4v) is 1.47. The molecule has 18 heavy (non-hydrogen) atoms. The number of carbonyl (C=O) groups excluding carboxylic acids is 2. The molecule has 0 fully saturated rings. The number of ether oxygens (including phenoxy) is 3. The number of methoxy groups -OCH3 is 3. The first-order chi connectivity index (χ1) is 8.47. The Balaban J connectivity index is 3.70. The molecule has 0 aromatic carbocycles. The molecule has 0 atom stereocenters. The third-order valence-corrected chi connectivity index (χ3v) is 2.33. The van der Waals surface area contributed by atoms with Crippen molar-refractivity contribution in [2.75, 3.05) is 21.3 Å². The molecule has 0 saturated heterocycles. The summed E-state index contributed by atoms with van der Waals surface area (Å²) in [5, 5.41) is 0. The minimum absolute atomic E-state index is 0.0942. The fourth-order valence-electron chi connectivity index (χ4n) is 1.47. The van der Waals surface area contributed by atoms with E-state index in [9.17, 15) is 14.4 Å². The topological polar surface area (TPSA) is 83.8 Å². The van der Waals surface area contributed by atoms with Crippen LogP contribution >= 0.6 is 0 Å². The van der Waals surface area contributed by atoms with Crippen molar-refractivity contribution in [1.82, 2.24) is 4.57 Å². The molecule has 1 heterocycles. The highest BCUT2D eigenvalue weighted by Crippen LogP contribution is 2.19. The molecule has 0 radical (unpaired) electrons. The number of nitrogens with zero attached hydrogens (tertiary/aromatic N) is 1. The SMILES string of the molecule is COC(=O)c1cn(C)c(=O)c(OC)c1C(=O)OC. The lowest BCUT2D eigenvalue weighted by molar-refractivity contribution is 0.0550. The molecule has 1 rings (SSSR count). The molecule has 0 bridgehead atoms. The first-order valence-corrected chi connectivity index (χ1v) is 4.92. The zero-order chi connectivity index (χ0) is 13.9. The molecular weight excluding hydrogens is 242 g/mol. The Bertz CT molecular complexity index is 545. The summed E-state index contributed by atoms with van der Waals surface area (Å²) < 4.78 is 15.1. The summed E-state index contributed by atoms with van der Waals surface area (Å²) in [4.78, 5) is 35.0. The van der Waals surface area contributed by atoms with Gasteiger partial charge in [0, 0.05) is 13.2 Å². The van der Waals surface area contributed by atoms with E-state index < -0.39 is 17.5 Å². The summed E-state index contributed by atoms with van der Waals surface area (Å²) in [5.74, 6) is -1.86. The van der Waals surface area contributed by atoms with Crippen molar-refractivity contribution in [2.24, 2.45) is 7.05 Å². The first kappa shape index (κ1) is 13.8. The van der Waals surface area contributed by atoms with Crippen molar-refractivity contribution < 1.29 is 23.8 Å². The molecule has 1 aromatic heterocycles. The van der Waals surface area contributed by atoms with Crippen LogP contribution in [0.5, 0.6) is 5.75 Å². The lowest BCUT2D eigenvalue weighted by atomic mass is 10.1. The van der Waals surface area contributed by atoms with Crippen LogP contribution < -0.4 is 10.3 Å². The van der Waals surface area contributed by atoms with Gasteiger partial charge in [-0.15, -0.1) is 0 Å². The molecule has 0 amide bonds. The van der Waals surface area contributed by atoms with E-state index >= 15 is 0 Å². The summed E-state index contributed by atoms with van der Waals surface area (Å²) in [5.41, 5.74) is -0.885. The van der Waals surface area contributed by atoms with Gasteiger partial charge in [0.2, 0.25) is 0 Å². The Hall–Kier alpha value is -2.31. The third-order valence-electron chi connectivity index (χ3n) is 2.33. The predicted octanol–water partition coefficient (Wildman–Crippen LogP) is -0.0329. The highest BCUT2D eigenvalue weighted by molar-refractivity contribution is 6.04. The molecule has 0 unspecified atom stereocenters. The Morgan fingerprint density at radius 1 is 1.11 bits per heavy atom. The van der Waals surface area contributed by atoms with Crippen molar-refractivity contribution in [1.29, 1.82) is 0 Å². The maximum absolute atomic E-state index is 11.8. The molecule has 0 saturated carbocycles. The van der Waals surface area contributed by atoms with E-state index in [-0.39, 0.29) is 16.9 Å². The van der Waals surface area contributed by atoms with Crippen molar-refractivity contribution in [2.45, 2.75) is 0 Å². The van der Waals surface area contributed by atoms with Gasteiger partial charge in [-0.1, -0.05) is 0 Å². The molecule has 98 valence electrons. The third kappa shape index (κ3) is 2.20. The summed E-state index contributed by atoms with van der Waals surface area (Å²) >= 11 is 0. The van der Waals surface area contributed by atoms with Gasteiger partial charge in [0.1, 0.15) is 5.56 Å². The molecule has 0 spiro atoms. The van der Waals surface area contributed by atoms with Crippen LogP contribution in [0.25, 0.3) is 0 Å². The zero-order valence-corrected chi connectivity index (χ0v) is 10.5. The number of rotatable bonds is 3. The summed E-state index contributed by atoms with van der Waals surface area (Å²) in [7, 11) is 4.96. The molecule has 1 aromatic rings. The number of aromatic nitrogens is 1. The molecular formula is C11H13NO6. The lowest BCUT2D eigenvalue weighted by Gasteiger charge is -2.12. The fraction of sp³-hybridized carbons (Fsp3) is 0.364. The van der Waals surface area contributed by atoms with Gasteiger partial charge < -0.3 is 18.8 Å². The Kier molecular flexibility index (Phi) is 4.09. The predicted molar refractivity (Wildman–Crippen MR) is 60.9 cm³/mol. The smallest absolute Gasteiger partial charge is 0.342 e. The summed E-state index contributed by atoms with van der Waals surface area (Å²) in [6, 6.07) is 0. The largest absolute Gasteiger partial charge is 0.490 e. The number of carbonyl (C=O) groups is 2. The van der Waals surface area contributed by atoms with E-state index in [1.54, 1.807) is 0 Å². The second-order valence-corrected chi connectivity index (χ2v) is 3.35. The number of hydrogen-bond donors (Lipinski definition) is 0. The monoisotopic (exact) mass is 255 g/mol. The highest BCUT2D eigenvalue weighted by Gasteiger charge is 2.26. The zero-order valence-electron chi connectivity index (χ0n) is 10.5. The molecule has 0 aliphatic heterocycles. The van der Waals surface area contributed by atoms with Crippen LogP contribution in [-0.4, -0.2) is 37.8 Å². The van der Waals surface area contributed by atoms with Gasteiger partial charge in [0.15, 0.2) is 5.75 Å². The Labute approximate surface area is 103 Å². The van der Waals surface area contributed by atoms with Crippen LogP contribution in [0.2, 0.25) is 0 Å². The summed E-state index contributed by atoms with van der Waals surface area (Å²) in [6.07, 6.45) is 1.20. The first-order valence-electron chi connectivity index (χ1n) is 4.92. The highest BCUT2D eigenvalue weighted by atomic mass is 16.5. The van der Waals surface area contributed by atoms with E-state index in [2.05, 4.69) is 9.47 Å². The van der Waals surface area contributed by atoms with Crippen molar-refractivity contribution in [3.63, 3.8) is 0 Å². The number of hydrogen-bond acceptors (Lipinski definition) is 6. The quantitative estimate of drug-likeness (QED) is 0.705. The van der Waals surface area contributed by atoms with Gasteiger partial charge in [-0.25, -0.2) is 9.59 Å². The maximum atomic E-state index is 11.8. The standard InChI is InChI=1S/C11H13NO6/c1-12-5-6(10(14)17-3)7(11(15)18-4)8(16-2)9(12)13/h5H,1-4H3. The van der Waals surface area contributed by atoms with E-state index in [0.29, 0.717) is 0 Å².